The zero-order chi connectivity index (χ0) is 25.4. The van der Waals surface area contributed by atoms with Gasteiger partial charge >= 0.3 is 5.97 Å². The van der Waals surface area contributed by atoms with Crippen LogP contribution in [0.1, 0.15) is 24.1 Å². The highest BCUT2D eigenvalue weighted by Gasteiger charge is 2.69. The van der Waals surface area contributed by atoms with E-state index in [0.29, 0.717) is 16.8 Å². The molecule has 4 atom stereocenters. The number of carbonyl (C=O) groups excluding carboxylic acids is 3. The van der Waals surface area contributed by atoms with Crippen molar-refractivity contribution in [2.75, 3.05) is 11.5 Å². The van der Waals surface area contributed by atoms with Crippen LogP contribution in [0, 0.1) is 11.8 Å². The largest absolute Gasteiger partial charge is 0.508 e. The van der Waals surface area contributed by atoms with Gasteiger partial charge in [0.1, 0.15) is 17.0 Å². The van der Waals surface area contributed by atoms with E-state index in [4.69, 9.17) is 4.74 Å². The zero-order valence-electron chi connectivity index (χ0n) is 19.6. The molecule has 2 heterocycles. The van der Waals surface area contributed by atoms with Crippen LogP contribution in [0.5, 0.6) is 11.5 Å². The Kier molecular flexibility index (Phi) is 5.97. The number of fused-ring (bicyclic) bond motifs is 1. The summed E-state index contributed by atoms with van der Waals surface area (Å²) in [7, 11) is 0. The number of nitrogens with one attached hydrogen (secondary N) is 1. The molecule has 8 nitrogen and oxygen atoms in total. The molecule has 0 aromatic heterocycles. The van der Waals surface area contributed by atoms with Gasteiger partial charge in [-0.25, -0.2) is 4.90 Å². The van der Waals surface area contributed by atoms with Crippen LogP contribution in [0.2, 0.25) is 0 Å². The predicted molar refractivity (Wildman–Crippen MR) is 131 cm³/mol. The third-order valence-corrected chi connectivity index (χ3v) is 6.98. The van der Waals surface area contributed by atoms with E-state index in [1.165, 1.54) is 24.3 Å². The van der Waals surface area contributed by atoms with Crippen molar-refractivity contribution >= 4 is 23.5 Å². The third-order valence-electron chi connectivity index (χ3n) is 6.98. The smallest absolute Gasteiger partial charge is 0.327 e. The standard InChI is InChI=1S/C28H26N2O6/c1-2-36-27(35)28(16-17-8-12-20(31)13-9-17)23-22(24(29-28)18-10-14-21(32)15-11-18)25(33)30(26(23)34)19-6-4-3-5-7-19/h3-15,22-24,29,31-32H,2,16H2,1H3. The van der Waals surface area contributed by atoms with Gasteiger partial charge in [-0.3, -0.25) is 19.7 Å². The lowest BCUT2D eigenvalue weighted by molar-refractivity contribution is -0.154. The van der Waals surface area contributed by atoms with Crippen molar-refractivity contribution in [1.82, 2.24) is 5.32 Å². The molecule has 2 fully saturated rings. The van der Waals surface area contributed by atoms with E-state index in [2.05, 4.69) is 5.32 Å². The minimum absolute atomic E-state index is 0.0637. The van der Waals surface area contributed by atoms with Gasteiger partial charge in [-0.2, -0.15) is 0 Å². The number of hydrogen-bond acceptors (Lipinski definition) is 7. The zero-order valence-corrected chi connectivity index (χ0v) is 19.6. The van der Waals surface area contributed by atoms with Crippen molar-refractivity contribution < 1.29 is 29.3 Å². The lowest BCUT2D eigenvalue weighted by atomic mass is 9.76. The fraction of sp³-hybridized carbons (Fsp3) is 0.250. The molecule has 5 rings (SSSR count). The van der Waals surface area contributed by atoms with Crippen molar-refractivity contribution in [2.24, 2.45) is 11.8 Å². The van der Waals surface area contributed by atoms with E-state index in [0.717, 1.165) is 4.90 Å². The van der Waals surface area contributed by atoms with E-state index >= 15 is 0 Å². The summed E-state index contributed by atoms with van der Waals surface area (Å²) >= 11 is 0. The van der Waals surface area contributed by atoms with Crippen LogP contribution in [-0.4, -0.2) is 40.1 Å². The fourth-order valence-electron chi connectivity index (χ4n) is 5.42. The molecule has 3 aromatic carbocycles. The topological polar surface area (TPSA) is 116 Å². The van der Waals surface area contributed by atoms with Crippen LogP contribution in [0.3, 0.4) is 0 Å². The molecule has 0 bridgehead atoms. The Balaban J connectivity index is 1.67. The lowest BCUT2D eigenvalue weighted by Gasteiger charge is -2.33. The van der Waals surface area contributed by atoms with E-state index in [9.17, 15) is 24.6 Å². The summed E-state index contributed by atoms with van der Waals surface area (Å²) in [6.07, 6.45) is 0.0729. The van der Waals surface area contributed by atoms with Gasteiger partial charge in [0, 0.05) is 12.5 Å². The first kappa shape index (κ1) is 23.6. The van der Waals surface area contributed by atoms with E-state index in [1.807, 2.05) is 0 Å². The average molecular weight is 487 g/mol. The first-order valence-electron chi connectivity index (χ1n) is 11.8. The van der Waals surface area contributed by atoms with Crippen LogP contribution in [-0.2, 0) is 25.5 Å². The number of amides is 2. The van der Waals surface area contributed by atoms with Crippen LogP contribution < -0.4 is 10.2 Å². The summed E-state index contributed by atoms with van der Waals surface area (Å²) < 4.78 is 5.49. The molecule has 2 saturated heterocycles. The van der Waals surface area contributed by atoms with Gasteiger partial charge in [0.25, 0.3) is 0 Å². The molecular formula is C28H26N2O6. The number of phenolic OH excluding ortho intramolecular Hbond substituents is 2. The van der Waals surface area contributed by atoms with E-state index in [-0.39, 0.29) is 24.5 Å². The van der Waals surface area contributed by atoms with Gasteiger partial charge in [0.05, 0.1) is 24.1 Å². The molecule has 0 spiro atoms. The van der Waals surface area contributed by atoms with E-state index in [1.54, 1.807) is 61.5 Å². The van der Waals surface area contributed by atoms with Crippen molar-refractivity contribution in [1.29, 1.82) is 0 Å². The Hall–Kier alpha value is -4.17. The minimum atomic E-state index is -1.53. The molecular weight excluding hydrogens is 460 g/mol. The number of esters is 1. The summed E-state index contributed by atoms with van der Waals surface area (Å²) in [6.45, 7) is 1.79. The summed E-state index contributed by atoms with van der Waals surface area (Å²) in [4.78, 5) is 42.6. The highest BCUT2D eigenvalue weighted by molar-refractivity contribution is 6.24. The number of carbonyl (C=O) groups is 3. The Morgan fingerprint density at radius 3 is 2.14 bits per heavy atom. The first-order valence-corrected chi connectivity index (χ1v) is 11.8. The Labute approximate surface area is 208 Å². The van der Waals surface area contributed by atoms with Gasteiger partial charge < -0.3 is 14.9 Å². The fourth-order valence-corrected chi connectivity index (χ4v) is 5.42. The minimum Gasteiger partial charge on any atom is -0.508 e. The quantitative estimate of drug-likeness (QED) is 0.362. The lowest BCUT2D eigenvalue weighted by Crippen LogP contribution is -2.58. The molecule has 2 amide bonds. The van der Waals surface area contributed by atoms with Gasteiger partial charge in [-0.05, 0) is 54.4 Å². The highest BCUT2D eigenvalue weighted by Crippen LogP contribution is 2.51. The number of aromatic hydroxyl groups is 2. The molecule has 8 heteroatoms. The molecule has 3 N–H and O–H groups in total. The molecule has 2 aliphatic rings. The number of phenols is 2. The SMILES string of the molecule is CCOC(=O)C1(Cc2ccc(O)cc2)NC(c2ccc(O)cc2)C2C(=O)N(c3ccccc3)C(=O)C21. The molecule has 2 aliphatic heterocycles. The number of anilines is 1. The van der Waals surface area contributed by atoms with Gasteiger partial charge in [0.2, 0.25) is 11.8 Å². The average Bonchev–Trinajstić information content (AvgIpc) is 3.35. The van der Waals surface area contributed by atoms with Crippen LogP contribution in [0.25, 0.3) is 0 Å². The molecule has 4 unspecified atom stereocenters. The maximum absolute atomic E-state index is 14.0. The maximum atomic E-state index is 14.0. The van der Waals surface area contributed by atoms with E-state index < -0.39 is 41.2 Å². The Morgan fingerprint density at radius 2 is 1.53 bits per heavy atom. The van der Waals surface area contributed by atoms with Crippen LogP contribution in [0.4, 0.5) is 5.69 Å². The van der Waals surface area contributed by atoms with Crippen molar-refractivity contribution in [3.05, 3.63) is 90.0 Å². The highest BCUT2D eigenvalue weighted by atomic mass is 16.5. The number of hydrogen-bond donors (Lipinski definition) is 3. The van der Waals surface area contributed by atoms with Crippen molar-refractivity contribution in [3.63, 3.8) is 0 Å². The van der Waals surface area contributed by atoms with Crippen molar-refractivity contribution in [2.45, 2.75) is 24.9 Å². The molecule has 0 radical (unpaired) electrons. The summed E-state index contributed by atoms with van der Waals surface area (Å²) in [5.74, 6) is -3.26. The Bertz CT molecular complexity index is 1290. The Morgan fingerprint density at radius 1 is 0.917 bits per heavy atom. The monoisotopic (exact) mass is 486 g/mol. The molecule has 0 saturated carbocycles. The molecule has 0 aliphatic carbocycles. The summed E-state index contributed by atoms with van der Waals surface area (Å²) in [5, 5.41) is 22.9. The van der Waals surface area contributed by atoms with Gasteiger partial charge in [-0.15, -0.1) is 0 Å². The number of benzene rings is 3. The molecule has 3 aromatic rings. The summed E-state index contributed by atoms with van der Waals surface area (Å²) in [6, 6.07) is 20.7. The maximum Gasteiger partial charge on any atom is 0.327 e. The first-order chi connectivity index (χ1) is 17.4. The number of nitrogens with zero attached hydrogens (tertiary/aromatic N) is 1. The second-order valence-corrected chi connectivity index (χ2v) is 9.10. The predicted octanol–water partition coefficient (Wildman–Crippen LogP) is 3.09. The van der Waals surface area contributed by atoms with Crippen LogP contribution >= 0.6 is 0 Å². The second-order valence-electron chi connectivity index (χ2n) is 9.10. The number of rotatable bonds is 6. The van der Waals surface area contributed by atoms with Crippen molar-refractivity contribution in [3.8, 4) is 11.5 Å². The van der Waals surface area contributed by atoms with Gasteiger partial charge in [0.15, 0.2) is 0 Å². The number of para-hydroxylation sites is 1. The van der Waals surface area contributed by atoms with Gasteiger partial charge in [-0.1, -0.05) is 42.5 Å². The summed E-state index contributed by atoms with van der Waals surface area (Å²) in [5.41, 5.74) is 0.262. The number of ether oxygens (including phenoxy) is 1. The normalized spacial score (nSPS) is 25.1. The number of imide groups is 1. The van der Waals surface area contributed by atoms with Crippen LogP contribution in [0.15, 0.2) is 78.9 Å². The molecule has 36 heavy (non-hydrogen) atoms. The second kappa shape index (κ2) is 9.13. The third kappa shape index (κ3) is 3.79. The molecule has 184 valence electrons.